The zero-order chi connectivity index (χ0) is 15.3. The molecule has 2 heterocycles. The number of amides is 1. The topological polar surface area (TPSA) is 76.1 Å². The third kappa shape index (κ3) is 2.10. The second kappa shape index (κ2) is 4.90. The first-order valence-corrected chi connectivity index (χ1v) is 7.58. The molecule has 0 bridgehead atoms. The summed E-state index contributed by atoms with van der Waals surface area (Å²) < 4.78 is 10.7. The molecule has 1 amide bonds. The zero-order valence-corrected chi connectivity index (χ0v) is 12.0. The van der Waals surface area contributed by atoms with Crippen LogP contribution < -0.4 is 9.47 Å². The van der Waals surface area contributed by atoms with Gasteiger partial charge in [0.15, 0.2) is 11.5 Å². The Bertz CT molecular complexity index is 643. The van der Waals surface area contributed by atoms with Gasteiger partial charge in [0.1, 0.15) is 0 Å². The molecular weight excluding hydrogens is 286 g/mol. The number of carbonyl (C=O) groups is 2. The molecule has 2 aliphatic heterocycles. The minimum atomic E-state index is -0.864. The van der Waals surface area contributed by atoms with Crippen LogP contribution >= 0.6 is 0 Å². The van der Waals surface area contributed by atoms with E-state index in [0.29, 0.717) is 18.7 Å². The number of benzene rings is 1. The molecule has 1 aromatic carbocycles. The van der Waals surface area contributed by atoms with E-state index in [-0.39, 0.29) is 24.7 Å². The van der Waals surface area contributed by atoms with Crippen LogP contribution in [0.2, 0.25) is 0 Å². The van der Waals surface area contributed by atoms with Crippen molar-refractivity contribution in [2.75, 3.05) is 13.3 Å². The van der Waals surface area contributed by atoms with Crippen molar-refractivity contribution < 1.29 is 24.2 Å². The minimum Gasteiger partial charge on any atom is -0.481 e. The lowest BCUT2D eigenvalue weighted by Gasteiger charge is -2.25. The molecule has 0 radical (unpaired) electrons. The fourth-order valence-electron chi connectivity index (χ4n) is 3.45. The smallest absolute Gasteiger partial charge is 0.307 e. The SMILES string of the molecule is O=C(O)[C@@H]1C[C@@H]1C(=O)N1CCC[C@H]1c1ccc2c(c1)OCO2. The number of rotatable bonds is 3. The second-order valence-electron chi connectivity index (χ2n) is 6.09. The molecular formula is C16H17NO5. The number of carbonyl (C=O) groups excluding carboxylic acids is 1. The number of ether oxygens (including phenoxy) is 2. The molecule has 6 heteroatoms. The quantitative estimate of drug-likeness (QED) is 0.921. The van der Waals surface area contributed by atoms with Gasteiger partial charge in [0.05, 0.1) is 17.9 Å². The number of fused-ring (bicyclic) bond motifs is 1. The number of hydrogen-bond donors (Lipinski definition) is 1. The van der Waals surface area contributed by atoms with Gasteiger partial charge in [-0.3, -0.25) is 9.59 Å². The minimum absolute atomic E-state index is 0.0112. The van der Waals surface area contributed by atoms with Gasteiger partial charge >= 0.3 is 5.97 Å². The highest BCUT2D eigenvalue weighted by Gasteiger charge is 2.51. The third-order valence-corrected chi connectivity index (χ3v) is 4.74. The average Bonchev–Trinajstić information content (AvgIpc) is 2.95. The molecule has 1 N–H and O–H groups in total. The van der Waals surface area contributed by atoms with Crippen molar-refractivity contribution in [1.82, 2.24) is 4.90 Å². The summed E-state index contributed by atoms with van der Waals surface area (Å²) in [4.78, 5) is 25.4. The Labute approximate surface area is 127 Å². The molecule has 1 aliphatic carbocycles. The van der Waals surface area contributed by atoms with Crippen LogP contribution in [-0.2, 0) is 9.59 Å². The predicted molar refractivity (Wildman–Crippen MR) is 75.5 cm³/mol. The normalized spacial score (nSPS) is 28.7. The molecule has 2 fully saturated rings. The maximum Gasteiger partial charge on any atom is 0.307 e. The predicted octanol–water partition coefficient (Wildman–Crippen LogP) is 1.80. The fraction of sp³-hybridized carbons (Fsp3) is 0.500. The van der Waals surface area contributed by atoms with Crippen molar-refractivity contribution >= 4 is 11.9 Å². The Kier molecular flexibility index (Phi) is 2.99. The molecule has 4 rings (SSSR count). The number of carboxylic acids is 1. The summed E-state index contributed by atoms with van der Waals surface area (Å²) in [6.07, 6.45) is 2.31. The molecule has 116 valence electrons. The molecule has 3 aliphatic rings. The van der Waals surface area contributed by atoms with Crippen LogP contribution in [0, 0.1) is 11.8 Å². The van der Waals surface area contributed by atoms with Crippen molar-refractivity contribution in [2.24, 2.45) is 11.8 Å². The van der Waals surface area contributed by atoms with E-state index in [1.54, 1.807) is 0 Å². The molecule has 0 unspecified atom stereocenters. The largest absolute Gasteiger partial charge is 0.481 e. The Morgan fingerprint density at radius 2 is 2.00 bits per heavy atom. The van der Waals surface area contributed by atoms with Crippen molar-refractivity contribution in [3.8, 4) is 11.5 Å². The first-order chi connectivity index (χ1) is 10.6. The highest BCUT2D eigenvalue weighted by atomic mass is 16.7. The number of carboxylic acid groups (broad SMARTS) is 1. The van der Waals surface area contributed by atoms with Gasteiger partial charge in [-0.05, 0) is 37.0 Å². The summed E-state index contributed by atoms with van der Waals surface area (Å²) in [5.41, 5.74) is 1.03. The monoisotopic (exact) mass is 303 g/mol. The summed E-state index contributed by atoms with van der Waals surface area (Å²) in [7, 11) is 0. The van der Waals surface area contributed by atoms with Gasteiger partial charge in [0, 0.05) is 6.54 Å². The van der Waals surface area contributed by atoms with E-state index < -0.39 is 11.9 Å². The maximum absolute atomic E-state index is 12.5. The van der Waals surface area contributed by atoms with Crippen LogP contribution in [0.25, 0.3) is 0 Å². The number of nitrogens with zero attached hydrogens (tertiary/aromatic N) is 1. The van der Waals surface area contributed by atoms with Crippen LogP contribution in [0.1, 0.15) is 30.9 Å². The van der Waals surface area contributed by atoms with Gasteiger partial charge in [-0.1, -0.05) is 6.07 Å². The Morgan fingerprint density at radius 3 is 2.77 bits per heavy atom. The maximum atomic E-state index is 12.5. The van der Waals surface area contributed by atoms with Gasteiger partial charge in [-0.15, -0.1) is 0 Å². The molecule has 3 atom stereocenters. The Hall–Kier alpha value is -2.24. The lowest BCUT2D eigenvalue weighted by Crippen LogP contribution is -2.32. The van der Waals surface area contributed by atoms with Crippen LogP contribution in [0.4, 0.5) is 0 Å². The van der Waals surface area contributed by atoms with Crippen LogP contribution in [-0.4, -0.2) is 35.2 Å². The Morgan fingerprint density at radius 1 is 1.18 bits per heavy atom. The van der Waals surface area contributed by atoms with Gasteiger partial charge < -0.3 is 19.5 Å². The van der Waals surface area contributed by atoms with Crippen molar-refractivity contribution in [2.45, 2.75) is 25.3 Å². The molecule has 6 nitrogen and oxygen atoms in total. The van der Waals surface area contributed by atoms with Crippen LogP contribution in [0.15, 0.2) is 18.2 Å². The van der Waals surface area contributed by atoms with Gasteiger partial charge in [-0.2, -0.15) is 0 Å². The molecule has 1 saturated carbocycles. The lowest BCUT2D eigenvalue weighted by atomic mass is 10.0. The fourth-order valence-corrected chi connectivity index (χ4v) is 3.45. The second-order valence-corrected chi connectivity index (χ2v) is 6.09. The summed E-state index contributed by atoms with van der Waals surface area (Å²) in [5, 5.41) is 9.00. The molecule has 22 heavy (non-hydrogen) atoms. The van der Waals surface area contributed by atoms with E-state index in [9.17, 15) is 9.59 Å². The van der Waals surface area contributed by atoms with E-state index in [4.69, 9.17) is 14.6 Å². The Balaban J connectivity index is 1.54. The van der Waals surface area contributed by atoms with Gasteiger partial charge in [0.2, 0.25) is 12.7 Å². The van der Waals surface area contributed by atoms with Crippen LogP contribution in [0.3, 0.4) is 0 Å². The number of hydrogen-bond acceptors (Lipinski definition) is 4. The summed E-state index contributed by atoms with van der Waals surface area (Å²) in [6, 6.07) is 5.78. The van der Waals surface area contributed by atoms with Crippen molar-refractivity contribution in [3.05, 3.63) is 23.8 Å². The molecule has 1 aromatic rings. The van der Waals surface area contributed by atoms with E-state index in [1.165, 1.54) is 0 Å². The van der Waals surface area contributed by atoms with Gasteiger partial charge in [0.25, 0.3) is 0 Å². The molecule has 0 spiro atoms. The third-order valence-electron chi connectivity index (χ3n) is 4.74. The van der Waals surface area contributed by atoms with E-state index in [2.05, 4.69) is 0 Å². The van der Waals surface area contributed by atoms with Crippen molar-refractivity contribution in [3.63, 3.8) is 0 Å². The van der Waals surface area contributed by atoms with E-state index in [0.717, 1.165) is 24.2 Å². The highest BCUT2D eigenvalue weighted by Crippen LogP contribution is 2.44. The zero-order valence-electron chi connectivity index (χ0n) is 12.0. The summed E-state index contributed by atoms with van der Waals surface area (Å²) in [5.74, 6) is -0.276. The van der Waals surface area contributed by atoms with E-state index in [1.807, 2.05) is 23.1 Å². The average molecular weight is 303 g/mol. The first-order valence-electron chi connectivity index (χ1n) is 7.58. The highest BCUT2D eigenvalue weighted by molar-refractivity contribution is 5.89. The number of aliphatic carboxylic acids is 1. The lowest BCUT2D eigenvalue weighted by molar-refractivity contribution is -0.142. The van der Waals surface area contributed by atoms with Gasteiger partial charge in [-0.25, -0.2) is 0 Å². The standard InChI is InChI=1S/C16H17NO5/c18-15(10-7-11(10)16(19)20)17-5-1-2-12(17)9-3-4-13-14(6-9)22-8-21-13/h3-4,6,10-12H,1-2,5,7-8H2,(H,19,20)/t10-,11+,12-/m0/s1. The first kappa shape index (κ1) is 13.4. The molecule has 1 saturated heterocycles. The number of likely N-dealkylation sites (tertiary alicyclic amines) is 1. The van der Waals surface area contributed by atoms with Crippen LogP contribution in [0.5, 0.6) is 11.5 Å². The van der Waals surface area contributed by atoms with E-state index >= 15 is 0 Å². The summed E-state index contributed by atoms with van der Waals surface area (Å²) >= 11 is 0. The molecule has 0 aromatic heterocycles. The van der Waals surface area contributed by atoms with Crippen molar-refractivity contribution in [1.29, 1.82) is 0 Å². The summed E-state index contributed by atoms with van der Waals surface area (Å²) in [6.45, 7) is 0.926.